The van der Waals surface area contributed by atoms with Gasteiger partial charge < -0.3 is 10.4 Å². The molecule has 0 aromatic heterocycles. The van der Waals surface area contributed by atoms with Crippen molar-refractivity contribution in [1.82, 2.24) is 5.32 Å². The summed E-state index contributed by atoms with van der Waals surface area (Å²) in [5.74, 6) is 0.0476. The number of rotatable bonds is 6. The maximum atomic E-state index is 11.1. The third-order valence-electron chi connectivity index (χ3n) is 3.36. The van der Waals surface area contributed by atoms with Crippen LogP contribution in [0.15, 0.2) is 0 Å². The van der Waals surface area contributed by atoms with Crippen molar-refractivity contribution in [3.8, 4) is 0 Å². The average Bonchev–Trinajstić information content (AvgIpc) is 3.09. The number of thioether (sulfide) groups is 1. The molecule has 2 aliphatic rings. The van der Waals surface area contributed by atoms with Gasteiger partial charge >= 0.3 is 5.97 Å². The first kappa shape index (κ1) is 12.2. The molecule has 2 N–H and O–H groups in total. The molecule has 1 unspecified atom stereocenters. The predicted molar refractivity (Wildman–Crippen MR) is 66.9 cm³/mol. The number of carbonyl (C=O) groups is 1. The van der Waals surface area contributed by atoms with Gasteiger partial charge in [-0.25, -0.2) is 0 Å². The number of hydrogen-bond donors (Lipinski definition) is 2. The van der Waals surface area contributed by atoms with Gasteiger partial charge in [-0.3, -0.25) is 4.79 Å². The van der Waals surface area contributed by atoms with E-state index in [9.17, 15) is 4.79 Å². The van der Waals surface area contributed by atoms with Crippen molar-refractivity contribution < 1.29 is 9.90 Å². The van der Waals surface area contributed by atoms with Gasteiger partial charge in [-0.2, -0.15) is 11.8 Å². The predicted octanol–water partition coefficient (Wildman–Crippen LogP) is 2.26. The largest absolute Gasteiger partial charge is 0.480 e. The minimum absolute atomic E-state index is 0.334. The molecule has 0 heterocycles. The first-order chi connectivity index (χ1) is 7.75. The van der Waals surface area contributed by atoms with E-state index in [2.05, 4.69) is 5.32 Å². The Bertz CT molecular complexity index is 237. The highest BCUT2D eigenvalue weighted by Crippen LogP contribution is 2.29. The Kier molecular flexibility index (Phi) is 4.53. The molecule has 2 saturated carbocycles. The van der Waals surface area contributed by atoms with Crippen molar-refractivity contribution in [2.24, 2.45) is 0 Å². The number of carboxylic acids is 1. The molecule has 92 valence electrons. The molecular formula is C12H21NO2S. The van der Waals surface area contributed by atoms with Crippen LogP contribution >= 0.6 is 11.8 Å². The van der Waals surface area contributed by atoms with Crippen molar-refractivity contribution in [3.05, 3.63) is 0 Å². The van der Waals surface area contributed by atoms with Crippen LogP contribution in [-0.2, 0) is 4.79 Å². The average molecular weight is 243 g/mol. The van der Waals surface area contributed by atoms with Crippen LogP contribution < -0.4 is 5.32 Å². The van der Waals surface area contributed by atoms with Crippen LogP contribution in [0.4, 0.5) is 0 Å². The second-order valence-electron chi connectivity index (χ2n) is 4.93. The molecule has 4 heteroatoms. The molecule has 3 nitrogen and oxygen atoms in total. The SMILES string of the molecule is O=C(O)C(CSC1CCCCC1)NC1CC1. The van der Waals surface area contributed by atoms with Gasteiger partial charge in [0.15, 0.2) is 0 Å². The first-order valence-corrected chi connectivity index (χ1v) is 7.41. The second-order valence-corrected chi connectivity index (χ2v) is 6.26. The normalized spacial score (nSPS) is 24.2. The Balaban J connectivity index is 1.69. The first-order valence-electron chi connectivity index (χ1n) is 6.36. The Morgan fingerprint density at radius 3 is 2.50 bits per heavy atom. The molecule has 0 spiro atoms. The van der Waals surface area contributed by atoms with Crippen LogP contribution in [0.1, 0.15) is 44.9 Å². The summed E-state index contributed by atoms with van der Waals surface area (Å²) in [6, 6.07) is 0.146. The number of nitrogens with one attached hydrogen (secondary N) is 1. The zero-order valence-electron chi connectivity index (χ0n) is 9.65. The quantitative estimate of drug-likeness (QED) is 0.751. The van der Waals surface area contributed by atoms with E-state index in [1.165, 1.54) is 32.1 Å². The van der Waals surface area contributed by atoms with Crippen molar-refractivity contribution in [2.45, 2.75) is 62.3 Å². The minimum Gasteiger partial charge on any atom is -0.480 e. The molecule has 2 aliphatic carbocycles. The van der Waals surface area contributed by atoms with Crippen molar-refractivity contribution >= 4 is 17.7 Å². The van der Waals surface area contributed by atoms with Gasteiger partial charge in [0.1, 0.15) is 6.04 Å². The maximum absolute atomic E-state index is 11.1. The van der Waals surface area contributed by atoms with Crippen LogP contribution in [0, 0.1) is 0 Å². The van der Waals surface area contributed by atoms with E-state index in [1.54, 1.807) is 0 Å². The lowest BCUT2D eigenvalue weighted by Gasteiger charge is -2.23. The van der Waals surface area contributed by atoms with Crippen LogP contribution in [0.25, 0.3) is 0 Å². The fourth-order valence-electron chi connectivity index (χ4n) is 2.19. The molecule has 0 aromatic rings. The molecule has 0 bridgehead atoms. The standard InChI is InChI=1S/C12H21NO2S/c14-12(15)11(13-9-6-7-9)8-16-10-4-2-1-3-5-10/h9-11,13H,1-8H2,(H,14,15). The number of hydrogen-bond acceptors (Lipinski definition) is 3. The maximum Gasteiger partial charge on any atom is 0.321 e. The van der Waals surface area contributed by atoms with Crippen molar-refractivity contribution in [2.75, 3.05) is 5.75 Å². The molecule has 0 radical (unpaired) electrons. The molecule has 2 fully saturated rings. The highest BCUT2D eigenvalue weighted by molar-refractivity contribution is 7.99. The molecule has 0 amide bonds. The topological polar surface area (TPSA) is 49.3 Å². The van der Waals surface area contributed by atoms with Crippen molar-refractivity contribution in [1.29, 1.82) is 0 Å². The molecular weight excluding hydrogens is 222 g/mol. The summed E-state index contributed by atoms with van der Waals surface area (Å²) in [6.45, 7) is 0. The lowest BCUT2D eigenvalue weighted by atomic mass is 10.0. The highest BCUT2D eigenvalue weighted by Gasteiger charge is 2.28. The number of aliphatic carboxylic acids is 1. The summed E-state index contributed by atoms with van der Waals surface area (Å²) < 4.78 is 0. The van der Waals surface area contributed by atoms with Crippen LogP contribution in [0.2, 0.25) is 0 Å². The summed E-state index contributed by atoms with van der Waals surface area (Å²) in [4.78, 5) is 11.1. The van der Waals surface area contributed by atoms with Crippen LogP contribution in [0.3, 0.4) is 0 Å². The molecule has 0 aromatic carbocycles. The lowest BCUT2D eigenvalue weighted by Crippen LogP contribution is -2.40. The Hall–Kier alpha value is -0.220. The van der Waals surface area contributed by atoms with E-state index < -0.39 is 5.97 Å². The van der Waals surface area contributed by atoms with Gasteiger partial charge in [-0.05, 0) is 25.7 Å². The summed E-state index contributed by atoms with van der Waals surface area (Å²) in [7, 11) is 0. The van der Waals surface area contributed by atoms with Gasteiger partial charge in [0.25, 0.3) is 0 Å². The van der Waals surface area contributed by atoms with Gasteiger partial charge in [0.05, 0.1) is 0 Å². The van der Waals surface area contributed by atoms with Crippen LogP contribution in [0.5, 0.6) is 0 Å². The Labute approximate surface area is 101 Å². The van der Waals surface area contributed by atoms with Gasteiger partial charge in [0, 0.05) is 17.0 Å². The third-order valence-corrected chi connectivity index (χ3v) is 4.83. The summed E-state index contributed by atoms with van der Waals surface area (Å²) >= 11 is 1.86. The second kappa shape index (κ2) is 5.92. The summed E-state index contributed by atoms with van der Waals surface area (Å²) in [5.41, 5.74) is 0. The van der Waals surface area contributed by atoms with Crippen LogP contribution in [-0.4, -0.2) is 34.2 Å². The molecule has 0 aliphatic heterocycles. The molecule has 1 atom stereocenters. The van der Waals surface area contributed by atoms with E-state index in [0.29, 0.717) is 11.3 Å². The van der Waals surface area contributed by atoms with E-state index in [4.69, 9.17) is 5.11 Å². The third kappa shape index (κ3) is 3.98. The van der Waals surface area contributed by atoms with Crippen molar-refractivity contribution in [3.63, 3.8) is 0 Å². The molecule has 16 heavy (non-hydrogen) atoms. The smallest absolute Gasteiger partial charge is 0.321 e. The fraction of sp³-hybridized carbons (Fsp3) is 0.917. The summed E-state index contributed by atoms with van der Waals surface area (Å²) in [6.07, 6.45) is 8.87. The molecule has 0 saturated heterocycles. The Morgan fingerprint density at radius 2 is 1.94 bits per heavy atom. The van der Waals surface area contributed by atoms with E-state index in [0.717, 1.165) is 18.6 Å². The number of carboxylic acid groups (broad SMARTS) is 1. The van der Waals surface area contributed by atoms with E-state index in [-0.39, 0.29) is 6.04 Å². The zero-order valence-corrected chi connectivity index (χ0v) is 10.5. The van der Waals surface area contributed by atoms with E-state index >= 15 is 0 Å². The minimum atomic E-state index is -0.685. The van der Waals surface area contributed by atoms with Gasteiger partial charge in [-0.15, -0.1) is 0 Å². The fourth-order valence-corrected chi connectivity index (χ4v) is 3.56. The van der Waals surface area contributed by atoms with Gasteiger partial charge in [-0.1, -0.05) is 19.3 Å². The Morgan fingerprint density at radius 1 is 1.25 bits per heavy atom. The lowest BCUT2D eigenvalue weighted by molar-refractivity contribution is -0.138. The monoisotopic (exact) mass is 243 g/mol. The van der Waals surface area contributed by atoms with Gasteiger partial charge in [0.2, 0.25) is 0 Å². The highest BCUT2D eigenvalue weighted by atomic mass is 32.2. The molecule has 2 rings (SSSR count). The van der Waals surface area contributed by atoms with E-state index in [1.807, 2.05) is 11.8 Å². The summed E-state index contributed by atoms with van der Waals surface area (Å²) in [5, 5.41) is 13.0. The zero-order chi connectivity index (χ0) is 11.4.